The quantitative estimate of drug-likeness (QED) is 0.0812. The molecule has 0 unspecified atom stereocenters. The van der Waals surface area contributed by atoms with E-state index in [0.29, 0.717) is 57.1 Å². The van der Waals surface area contributed by atoms with Crippen LogP contribution in [-0.2, 0) is 16.0 Å². The number of ether oxygens (including phenoxy) is 1. The fraction of sp³-hybridized carbons (Fsp3) is 0.558. The number of carbonyl (C=O) groups is 1. The second kappa shape index (κ2) is 18.6. The number of ketones is 1. The van der Waals surface area contributed by atoms with Crippen LogP contribution in [0.3, 0.4) is 0 Å². The maximum Gasteiger partial charge on any atom is 0.162 e. The van der Waals surface area contributed by atoms with Crippen molar-refractivity contribution in [1.29, 1.82) is 0 Å². The maximum atomic E-state index is 13.9. The Hall–Kier alpha value is -3.13. The fourth-order valence-corrected chi connectivity index (χ4v) is 8.64. The van der Waals surface area contributed by atoms with Gasteiger partial charge in [-0.3, -0.25) is 4.79 Å². The summed E-state index contributed by atoms with van der Waals surface area (Å²) < 4.78 is 6.09. The van der Waals surface area contributed by atoms with E-state index in [1.807, 2.05) is 56.3 Å². The molecule has 0 aromatic heterocycles. The fourth-order valence-electron chi connectivity index (χ4n) is 8.64. The molecule has 4 rings (SSSR count). The van der Waals surface area contributed by atoms with Crippen LogP contribution in [0, 0.1) is 29.1 Å². The number of benzene rings is 1. The van der Waals surface area contributed by atoms with Crippen LogP contribution < -0.4 is 16.8 Å². The predicted molar refractivity (Wildman–Crippen MR) is 205 cm³/mol. The van der Waals surface area contributed by atoms with Gasteiger partial charge < -0.3 is 36.8 Å². The van der Waals surface area contributed by atoms with E-state index in [9.17, 15) is 20.1 Å². The van der Waals surface area contributed by atoms with Crippen molar-refractivity contribution in [1.82, 2.24) is 5.32 Å². The number of nitrogens with one attached hydrogen (secondary N) is 1. The molecule has 1 heterocycles. The molecule has 8 heteroatoms. The summed E-state index contributed by atoms with van der Waals surface area (Å²) in [6.45, 7) is 13.6. The topological polar surface area (TPSA) is 151 Å². The number of likely N-dealkylation sites (N-methyl/N-ethyl adjacent to an activating group) is 1. The lowest BCUT2D eigenvalue weighted by molar-refractivity contribution is -0.167. The monoisotopic (exact) mass is 699 g/mol. The van der Waals surface area contributed by atoms with Crippen molar-refractivity contribution in [3.8, 4) is 11.8 Å². The number of hydrogen-bond donors (Lipinski definition) is 6. The summed E-state index contributed by atoms with van der Waals surface area (Å²) >= 11 is 0. The van der Waals surface area contributed by atoms with Crippen molar-refractivity contribution < 1.29 is 24.9 Å². The summed E-state index contributed by atoms with van der Waals surface area (Å²) in [4.78, 5) is 13.9. The third-order valence-electron chi connectivity index (χ3n) is 11.6. The molecule has 6 atom stereocenters. The van der Waals surface area contributed by atoms with E-state index in [-0.39, 0.29) is 43.3 Å². The van der Waals surface area contributed by atoms with Crippen LogP contribution >= 0.6 is 0 Å². The van der Waals surface area contributed by atoms with Crippen molar-refractivity contribution in [2.24, 2.45) is 28.7 Å². The Labute approximate surface area is 305 Å². The first-order valence-electron chi connectivity index (χ1n) is 18.7. The van der Waals surface area contributed by atoms with Gasteiger partial charge in [0, 0.05) is 36.8 Å². The lowest BCUT2D eigenvalue weighted by Gasteiger charge is -2.55. The highest BCUT2D eigenvalue weighted by Crippen LogP contribution is 2.63. The number of allylic oxidation sites excluding steroid dienone is 5. The Morgan fingerprint density at radius 2 is 2.02 bits per heavy atom. The summed E-state index contributed by atoms with van der Waals surface area (Å²) in [5.74, 6) is 5.79. The lowest BCUT2D eigenvalue weighted by Crippen LogP contribution is -2.59. The minimum atomic E-state index is -1.19. The zero-order valence-electron chi connectivity index (χ0n) is 31.2. The Morgan fingerprint density at radius 3 is 2.75 bits per heavy atom. The molecular weight excluding hydrogens is 638 g/mol. The molecule has 1 spiro atoms. The Bertz CT molecular complexity index is 1570. The van der Waals surface area contributed by atoms with Gasteiger partial charge >= 0.3 is 0 Å². The third-order valence-corrected chi connectivity index (χ3v) is 11.6. The van der Waals surface area contributed by atoms with Crippen LogP contribution in [0.1, 0.15) is 96.4 Å². The summed E-state index contributed by atoms with van der Waals surface area (Å²) in [5.41, 5.74) is 16.0. The van der Waals surface area contributed by atoms with Gasteiger partial charge in [-0.05, 0) is 106 Å². The van der Waals surface area contributed by atoms with E-state index in [1.165, 1.54) is 5.57 Å². The average molecular weight is 700 g/mol. The number of nitrogens with two attached hydrogens (primary N) is 2. The summed E-state index contributed by atoms with van der Waals surface area (Å²) in [6, 6.07) is 7.58. The minimum absolute atomic E-state index is 0.00634. The van der Waals surface area contributed by atoms with Crippen LogP contribution in [0.4, 0.5) is 0 Å². The van der Waals surface area contributed by atoms with Crippen LogP contribution in [0.15, 0.2) is 83.0 Å². The SMILES string of the molecule is C=C1/C=C/C=C(\[C@H]2CC[C@@]3([C@H](CCCO)/C(=C(\C)C(=O)Cc4cccc(C(N)N)c4)CC[C@@]3(C)O)[C@@H]2O)COCC#CC/C(C)=C/C[C@@H]1NCC. The number of rotatable bonds is 10. The van der Waals surface area contributed by atoms with E-state index in [2.05, 4.69) is 43.7 Å². The standard InChI is InChI=1S/C43H61N3O5/c1-6-46-38-19-18-29(2)12-7-8-25-51-28-34(16-9-13-30(38)3)36-21-23-43(40(36)49)37(17-11-24-47)35(20-22-42(43,5)50)31(4)39(48)27-32-14-10-15-33(26-32)41(44)45/h9-10,13-16,18,26,36-38,40-41,46-47,49-50H,3,6,11-12,17,19-25,27-28,44-45H2,1-2,4-5H3/b13-9+,29-18+,34-16-,35-31+/t36-,37-,38+,40-,42-,43-/m1/s1. The average Bonchev–Trinajstić information content (AvgIpc) is 3.44. The zero-order chi connectivity index (χ0) is 37.2. The molecule has 0 bridgehead atoms. The molecule has 51 heavy (non-hydrogen) atoms. The summed E-state index contributed by atoms with van der Waals surface area (Å²) in [6.07, 6.45) is 11.7. The smallest absolute Gasteiger partial charge is 0.162 e. The van der Waals surface area contributed by atoms with Crippen LogP contribution in [-0.4, -0.2) is 65.2 Å². The lowest BCUT2D eigenvalue weighted by atomic mass is 9.52. The van der Waals surface area contributed by atoms with Gasteiger partial charge in [-0.25, -0.2) is 0 Å². The first kappa shape index (κ1) is 40.6. The van der Waals surface area contributed by atoms with Gasteiger partial charge in [0.05, 0.1) is 24.5 Å². The van der Waals surface area contributed by atoms with Crippen molar-refractivity contribution in [2.75, 3.05) is 26.4 Å². The molecule has 1 aromatic carbocycles. The van der Waals surface area contributed by atoms with Crippen molar-refractivity contribution in [3.63, 3.8) is 0 Å². The van der Waals surface area contributed by atoms with Gasteiger partial charge in [0.2, 0.25) is 0 Å². The normalized spacial score (nSPS) is 32.9. The molecule has 1 aliphatic heterocycles. The highest BCUT2D eigenvalue weighted by molar-refractivity contribution is 5.97. The molecule has 0 saturated heterocycles. The van der Waals surface area contributed by atoms with Gasteiger partial charge in [0.1, 0.15) is 6.61 Å². The molecule has 2 saturated carbocycles. The van der Waals surface area contributed by atoms with Crippen molar-refractivity contribution in [2.45, 2.75) is 109 Å². The second-order valence-corrected chi connectivity index (χ2v) is 14.9. The second-order valence-electron chi connectivity index (χ2n) is 14.9. The molecule has 2 aliphatic carbocycles. The Kier molecular flexibility index (Phi) is 14.8. The van der Waals surface area contributed by atoms with Gasteiger partial charge in [-0.15, -0.1) is 0 Å². The van der Waals surface area contributed by atoms with Gasteiger partial charge in [0.15, 0.2) is 5.78 Å². The van der Waals surface area contributed by atoms with E-state index < -0.39 is 23.3 Å². The van der Waals surface area contributed by atoms with Crippen LogP contribution in [0.25, 0.3) is 0 Å². The molecular formula is C43H61N3O5. The largest absolute Gasteiger partial charge is 0.396 e. The predicted octanol–water partition coefficient (Wildman–Crippen LogP) is 5.50. The summed E-state index contributed by atoms with van der Waals surface area (Å²) in [5, 5.41) is 38.3. The van der Waals surface area contributed by atoms with Crippen LogP contribution in [0.2, 0.25) is 0 Å². The van der Waals surface area contributed by atoms with Gasteiger partial charge in [-0.1, -0.05) is 85.1 Å². The van der Waals surface area contributed by atoms with E-state index in [0.717, 1.165) is 40.8 Å². The molecule has 2 fully saturated rings. The number of hydrogen-bond acceptors (Lipinski definition) is 8. The highest BCUT2D eigenvalue weighted by Gasteiger charge is 2.64. The van der Waals surface area contributed by atoms with Crippen LogP contribution in [0.5, 0.6) is 0 Å². The Morgan fingerprint density at radius 1 is 1.24 bits per heavy atom. The van der Waals surface area contributed by atoms with Gasteiger partial charge in [0.25, 0.3) is 0 Å². The number of aliphatic hydroxyl groups is 3. The third kappa shape index (κ3) is 9.65. The van der Waals surface area contributed by atoms with Gasteiger partial charge in [-0.2, -0.15) is 0 Å². The molecule has 278 valence electrons. The molecule has 1 aromatic rings. The number of Topliss-reactive ketones (excluding diaryl/α,β-unsaturated/α-hetero) is 1. The molecule has 8 nitrogen and oxygen atoms in total. The first-order chi connectivity index (χ1) is 24.4. The minimum Gasteiger partial charge on any atom is -0.396 e. The highest BCUT2D eigenvalue weighted by atomic mass is 16.5. The molecule has 0 radical (unpaired) electrons. The van der Waals surface area contributed by atoms with Crippen molar-refractivity contribution in [3.05, 3.63) is 94.1 Å². The summed E-state index contributed by atoms with van der Waals surface area (Å²) in [7, 11) is 0. The maximum absolute atomic E-state index is 13.9. The number of carbonyl (C=O) groups excluding carboxylic acids is 1. The van der Waals surface area contributed by atoms with E-state index >= 15 is 0 Å². The Balaban J connectivity index is 1.70. The van der Waals surface area contributed by atoms with E-state index in [1.54, 1.807) is 0 Å². The molecule has 8 N–H and O–H groups in total. The molecule has 0 amide bonds. The number of aliphatic hydroxyl groups excluding tert-OH is 2. The first-order valence-corrected chi connectivity index (χ1v) is 18.7. The zero-order valence-corrected chi connectivity index (χ0v) is 31.2. The van der Waals surface area contributed by atoms with E-state index in [4.69, 9.17) is 16.2 Å². The van der Waals surface area contributed by atoms with Crippen molar-refractivity contribution >= 4 is 5.78 Å². The molecule has 3 aliphatic rings.